The number of rotatable bonds is 5. The van der Waals surface area contributed by atoms with Crippen molar-refractivity contribution >= 4 is 22.4 Å². The maximum Gasteiger partial charge on any atom is 0.257 e. The minimum absolute atomic E-state index is 0.237. The highest BCUT2D eigenvalue weighted by Gasteiger charge is 2.14. The lowest BCUT2D eigenvalue weighted by atomic mass is 10.1. The number of hydrogen-bond donors (Lipinski definition) is 1. The van der Waals surface area contributed by atoms with Gasteiger partial charge in [0.25, 0.3) is 5.91 Å². The van der Waals surface area contributed by atoms with Crippen LogP contribution >= 0.6 is 11.3 Å². The summed E-state index contributed by atoms with van der Waals surface area (Å²) in [6.45, 7) is 6.68. The summed E-state index contributed by atoms with van der Waals surface area (Å²) in [7, 11) is 0. The number of carbonyl (C=O) groups excluding carboxylic acids is 1. The van der Waals surface area contributed by atoms with E-state index in [2.05, 4.69) is 31.0 Å². The van der Waals surface area contributed by atoms with E-state index in [1.54, 1.807) is 22.9 Å². The van der Waals surface area contributed by atoms with E-state index >= 15 is 0 Å². The molecule has 24 heavy (non-hydrogen) atoms. The van der Waals surface area contributed by atoms with Gasteiger partial charge in [0.15, 0.2) is 5.82 Å². The van der Waals surface area contributed by atoms with Crippen molar-refractivity contribution in [3.05, 3.63) is 34.8 Å². The molecule has 0 aliphatic carbocycles. The molecular formula is C15H17N7OS. The average Bonchev–Trinajstić information content (AvgIpc) is 3.23. The predicted octanol–water partition coefficient (Wildman–Crippen LogP) is 2.59. The number of aromatic nitrogens is 6. The monoisotopic (exact) mass is 343 g/mol. The van der Waals surface area contributed by atoms with Crippen LogP contribution < -0.4 is 5.32 Å². The Bertz CT molecular complexity index is 855. The molecular weight excluding hydrogens is 326 g/mol. The highest BCUT2D eigenvalue weighted by Crippen LogP contribution is 2.23. The van der Waals surface area contributed by atoms with Crippen LogP contribution in [0.25, 0.3) is 11.4 Å². The van der Waals surface area contributed by atoms with Gasteiger partial charge in [-0.1, -0.05) is 37.3 Å². The lowest BCUT2D eigenvalue weighted by Crippen LogP contribution is -2.12. The number of anilines is 1. The van der Waals surface area contributed by atoms with Crippen LogP contribution in [0.4, 0.5) is 5.13 Å². The molecule has 1 N–H and O–H groups in total. The van der Waals surface area contributed by atoms with Crippen LogP contribution in [-0.2, 0) is 6.54 Å². The topological polar surface area (TPSA) is 98.5 Å². The van der Waals surface area contributed by atoms with Gasteiger partial charge in [0, 0.05) is 23.6 Å². The molecule has 0 saturated heterocycles. The van der Waals surface area contributed by atoms with Gasteiger partial charge in [-0.3, -0.25) is 10.1 Å². The van der Waals surface area contributed by atoms with E-state index in [1.165, 1.54) is 11.3 Å². The number of carbonyl (C=O) groups is 1. The Hall–Kier alpha value is -2.68. The quantitative estimate of drug-likeness (QED) is 0.764. The zero-order valence-electron chi connectivity index (χ0n) is 13.6. The minimum Gasteiger partial charge on any atom is -0.296 e. The van der Waals surface area contributed by atoms with Crippen LogP contribution in [0.15, 0.2) is 24.3 Å². The first-order chi connectivity index (χ1) is 11.6. The van der Waals surface area contributed by atoms with Gasteiger partial charge in [-0.15, -0.1) is 15.3 Å². The van der Waals surface area contributed by atoms with Crippen molar-refractivity contribution in [2.24, 2.45) is 0 Å². The Labute approximate surface area is 142 Å². The summed E-state index contributed by atoms with van der Waals surface area (Å²) in [6, 6.07) is 7.18. The fraction of sp³-hybridized carbons (Fsp3) is 0.333. The molecule has 0 unspecified atom stereocenters. The van der Waals surface area contributed by atoms with Crippen molar-refractivity contribution in [1.82, 2.24) is 30.4 Å². The number of aryl methyl sites for hydroxylation is 1. The SMILES string of the molecule is CCn1nnnc1-c1cccc(C(=O)Nc2nnc(C(C)C)s2)c1. The Kier molecular flexibility index (Phi) is 4.61. The third-order valence-electron chi connectivity index (χ3n) is 3.37. The van der Waals surface area contributed by atoms with Crippen LogP contribution in [0.3, 0.4) is 0 Å². The van der Waals surface area contributed by atoms with Crippen molar-refractivity contribution < 1.29 is 4.79 Å². The van der Waals surface area contributed by atoms with Gasteiger partial charge in [-0.25, -0.2) is 4.68 Å². The number of tetrazole rings is 1. The Balaban J connectivity index is 1.81. The van der Waals surface area contributed by atoms with Crippen molar-refractivity contribution in [2.75, 3.05) is 5.32 Å². The maximum atomic E-state index is 12.4. The zero-order chi connectivity index (χ0) is 17.1. The van der Waals surface area contributed by atoms with Crippen molar-refractivity contribution in [3.63, 3.8) is 0 Å². The van der Waals surface area contributed by atoms with Crippen molar-refractivity contribution in [2.45, 2.75) is 33.2 Å². The zero-order valence-corrected chi connectivity index (χ0v) is 14.4. The molecule has 3 aromatic rings. The first-order valence-electron chi connectivity index (χ1n) is 7.59. The molecule has 0 aliphatic heterocycles. The number of nitrogens with zero attached hydrogens (tertiary/aromatic N) is 6. The molecule has 1 amide bonds. The fourth-order valence-corrected chi connectivity index (χ4v) is 2.85. The van der Waals surface area contributed by atoms with Gasteiger partial charge in [-0.05, 0) is 29.5 Å². The second kappa shape index (κ2) is 6.83. The third-order valence-corrected chi connectivity index (χ3v) is 4.51. The summed E-state index contributed by atoms with van der Waals surface area (Å²) in [5, 5.41) is 23.8. The number of nitrogens with one attached hydrogen (secondary N) is 1. The first kappa shape index (κ1) is 16.2. The molecule has 0 radical (unpaired) electrons. The Morgan fingerprint density at radius 1 is 1.29 bits per heavy atom. The molecule has 8 nitrogen and oxygen atoms in total. The number of amides is 1. The summed E-state index contributed by atoms with van der Waals surface area (Å²) in [5.74, 6) is 0.674. The molecule has 9 heteroatoms. The van der Waals surface area contributed by atoms with E-state index in [4.69, 9.17) is 0 Å². The lowest BCUT2D eigenvalue weighted by molar-refractivity contribution is 0.102. The Morgan fingerprint density at radius 2 is 2.12 bits per heavy atom. The molecule has 3 rings (SSSR count). The fourth-order valence-electron chi connectivity index (χ4n) is 2.11. The molecule has 2 aromatic heterocycles. The van der Waals surface area contributed by atoms with Crippen LogP contribution in [-0.4, -0.2) is 36.3 Å². The van der Waals surface area contributed by atoms with Crippen LogP contribution in [0, 0.1) is 0 Å². The van der Waals surface area contributed by atoms with E-state index in [1.807, 2.05) is 26.8 Å². The number of hydrogen-bond acceptors (Lipinski definition) is 7. The summed E-state index contributed by atoms with van der Waals surface area (Å²) < 4.78 is 1.68. The molecule has 0 atom stereocenters. The summed E-state index contributed by atoms with van der Waals surface area (Å²) in [6.07, 6.45) is 0. The number of benzene rings is 1. The van der Waals surface area contributed by atoms with E-state index < -0.39 is 0 Å². The second-order valence-corrected chi connectivity index (χ2v) is 6.46. The van der Waals surface area contributed by atoms with E-state index in [0.717, 1.165) is 10.6 Å². The van der Waals surface area contributed by atoms with E-state index in [0.29, 0.717) is 23.1 Å². The smallest absolute Gasteiger partial charge is 0.257 e. The molecule has 124 valence electrons. The van der Waals surface area contributed by atoms with E-state index in [9.17, 15) is 4.79 Å². The third kappa shape index (κ3) is 3.30. The van der Waals surface area contributed by atoms with Crippen LogP contribution in [0.2, 0.25) is 0 Å². The van der Waals surface area contributed by atoms with Gasteiger partial charge < -0.3 is 0 Å². The predicted molar refractivity (Wildman–Crippen MR) is 90.9 cm³/mol. The summed E-state index contributed by atoms with van der Waals surface area (Å²) in [4.78, 5) is 12.4. The standard InChI is InChI=1S/C15H17N7OS/c1-4-22-12(17-20-21-22)10-6-5-7-11(8-10)13(23)16-15-19-18-14(24-15)9(2)3/h5-9H,4H2,1-3H3,(H,16,19,23). The molecule has 0 spiro atoms. The van der Waals surface area contributed by atoms with Gasteiger partial charge in [0.2, 0.25) is 5.13 Å². The van der Waals surface area contributed by atoms with E-state index in [-0.39, 0.29) is 11.8 Å². The molecule has 1 aromatic carbocycles. The van der Waals surface area contributed by atoms with Gasteiger partial charge in [-0.2, -0.15) is 0 Å². The normalized spacial score (nSPS) is 11.0. The molecule has 0 fully saturated rings. The maximum absolute atomic E-state index is 12.4. The van der Waals surface area contributed by atoms with Crippen LogP contribution in [0.5, 0.6) is 0 Å². The largest absolute Gasteiger partial charge is 0.296 e. The summed E-state index contributed by atoms with van der Waals surface area (Å²) in [5.41, 5.74) is 1.30. The van der Waals surface area contributed by atoms with Gasteiger partial charge in [0.05, 0.1) is 0 Å². The second-order valence-electron chi connectivity index (χ2n) is 5.45. The van der Waals surface area contributed by atoms with Gasteiger partial charge >= 0.3 is 0 Å². The molecule has 2 heterocycles. The molecule has 0 bridgehead atoms. The Morgan fingerprint density at radius 3 is 2.83 bits per heavy atom. The molecule has 0 aliphatic rings. The minimum atomic E-state index is -0.237. The van der Waals surface area contributed by atoms with Crippen LogP contribution in [0.1, 0.15) is 42.1 Å². The summed E-state index contributed by atoms with van der Waals surface area (Å²) >= 11 is 1.38. The highest BCUT2D eigenvalue weighted by molar-refractivity contribution is 7.15. The average molecular weight is 343 g/mol. The van der Waals surface area contributed by atoms with Crippen molar-refractivity contribution in [3.8, 4) is 11.4 Å². The highest BCUT2D eigenvalue weighted by atomic mass is 32.1. The lowest BCUT2D eigenvalue weighted by Gasteiger charge is -2.05. The van der Waals surface area contributed by atoms with Crippen molar-refractivity contribution in [1.29, 1.82) is 0 Å². The molecule has 0 saturated carbocycles. The first-order valence-corrected chi connectivity index (χ1v) is 8.41. The van der Waals surface area contributed by atoms with Gasteiger partial charge in [0.1, 0.15) is 5.01 Å².